The average Bonchev–Trinajstić information content (AvgIpc) is 2.03. The molecule has 0 N–H and O–H groups in total. The molecule has 0 radical (unpaired) electrons. The number of alkyl halides is 3. The monoisotopic (exact) mass is 268 g/mol. The van der Waals surface area contributed by atoms with E-state index in [1.54, 1.807) is 0 Å². The fourth-order valence-electron chi connectivity index (χ4n) is 0.831. The van der Waals surface area contributed by atoms with E-state index in [1.807, 2.05) is 0 Å². The lowest BCUT2D eigenvalue weighted by molar-refractivity contribution is -0.137. The van der Waals surface area contributed by atoms with Crippen LogP contribution in [0.1, 0.15) is 5.56 Å². The molecule has 1 rings (SSSR count). The minimum Gasteiger partial charge on any atom is -0.475 e. The molecule has 0 spiro atoms. The Morgan fingerprint density at radius 1 is 1.15 bits per heavy atom. The van der Waals surface area contributed by atoms with E-state index >= 15 is 0 Å². The molecular formula is C7H5BrF4Mg. The summed E-state index contributed by atoms with van der Waals surface area (Å²) in [6.45, 7) is 0. The molecule has 0 amide bonds. The largest absolute Gasteiger partial charge is 0.652 e. The Balaban J connectivity index is 0.00000144. The van der Waals surface area contributed by atoms with Gasteiger partial charge in [0.1, 0.15) is 0 Å². The van der Waals surface area contributed by atoms with Gasteiger partial charge >= 0.3 is 27.1 Å². The summed E-state index contributed by atoms with van der Waals surface area (Å²) >= 11 is -1.99. The number of halogens is 5. The molecule has 1 aromatic rings. The van der Waals surface area contributed by atoms with Crippen molar-refractivity contribution in [2.45, 2.75) is 6.18 Å². The van der Waals surface area contributed by atoms with Gasteiger partial charge in [0, 0.05) is 0 Å². The van der Waals surface area contributed by atoms with Crippen molar-refractivity contribution in [1.82, 2.24) is 0 Å². The Hall–Kier alpha value is 0.186. The molecule has 0 saturated carbocycles. The van der Waals surface area contributed by atoms with E-state index in [-0.39, 0.29) is 20.7 Å². The first-order chi connectivity index (χ1) is 5.54. The second-order valence-electron chi connectivity index (χ2n) is 2.33. The van der Waals surface area contributed by atoms with Gasteiger partial charge in [-0.25, -0.2) is 0 Å². The van der Waals surface area contributed by atoms with Crippen molar-refractivity contribution >= 4 is 41.6 Å². The third kappa shape index (κ3) is 3.82. The minimum absolute atomic E-state index is 0. The second kappa shape index (κ2) is 5.16. The fourth-order valence-corrected chi connectivity index (χ4v) is 1.35. The van der Waals surface area contributed by atoms with Gasteiger partial charge in [0.25, 0.3) is 0 Å². The van der Waals surface area contributed by atoms with E-state index in [9.17, 15) is 16.1 Å². The molecule has 0 bridgehead atoms. The van der Waals surface area contributed by atoms with Gasteiger partial charge in [-0.1, -0.05) is 24.3 Å². The van der Waals surface area contributed by atoms with Gasteiger partial charge < -0.3 is 2.96 Å². The molecule has 13 heavy (non-hydrogen) atoms. The van der Waals surface area contributed by atoms with Gasteiger partial charge in [0.05, 0.1) is 5.56 Å². The van der Waals surface area contributed by atoms with Gasteiger partial charge in [-0.3, -0.25) is 0 Å². The van der Waals surface area contributed by atoms with Gasteiger partial charge in [0.2, 0.25) is 0 Å². The molecule has 6 heteroatoms. The van der Waals surface area contributed by atoms with Gasteiger partial charge in [0.15, 0.2) is 0 Å². The van der Waals surface area contributed by atoms with Gasteiger partial charge in [-0.15, -0.1) is 20.7 Å². The zero-order valence-electron chi connectivity index (χ0n) is 6.44. The first kappa shape index (κ1) is 13.2. The quantitative estimate of drug-likeness (QED) is 0.543. The van der Waals surface area contributed by atoms with Crippen molar-refractivity contribution in [2.75, 3.05) is 0 Å². The molecule has 0 aromatic heterocycles. The summed E-state index contributed by atoms with van der Waals surface area (Å²) in [6.07, 6.45) is -4.36. The first-order valence-electron chi connectivity index (χ1n) is 3.26. The molecule has 1 aromatic carbocycles. The normalized spacial score (nSPS) is 10.2. The van der Waals surface area contributed by atoms with E-state index in [2.05, 4.69) is 0 Å². The van der Waals surface area contributed by atoms with Gasteiger partial charge in [-0.2, -0.15) is 13.2 Å². The van der Waals surface area contributed by atoms with E-state index in [0.29, 0.717) is 0 Å². The van der Waals surface area contributed by atoms with Crippen LogP contribution in [0.2, 0.25) is 0 Å². The van der Waals surface area contributed by atoms with Crippen molar-refractivity contribution in [3.05, 3.63) is 29.8 Å². The fraction of sp³-hybridized carbons (Fsp3) is 0.143. The molecule has 0 aliphatic rings. The molecule has 0 atom stereocenters. The third-order valence-electron chi connectivity index (χ3n) is 1.41. The SMILES string of the molecule is Br.[F][Mg][c]1cccc(C(F)(F)F)c1. The summed E-state index contributed by atoms with van der Waals surface area (Å²) in [6, 6.07) is 4.41. The van der Waals surface area contributed by atoms with Crippen LogP contribution in [0, 0.1) is 0 Å². The summed E-state index contributed by atoms with van der Waals surface area (Å²) in [5, 5.41) is 0. The third-order valence-corrected chi connectivity index (χ3v) is 2.16. The van der Waals surface area contributed by atoms with Crippen LogP contribution in [0.3, 0.4) is 0 Å². The molecule has 0 nitrogen and oxygen atoms in total. The minimum atomic E-state index is -4.36. The topological polar surface area (TPSA) is 0 Å². The lowest BCUT2D eigenvalue weighted by Crippen LogP contribution is -2.14. The number of hydrogen-bond donors (Lipinski definition) is 0. The summed E-state index contributed by atoms with van der Waals surface area (Å²) < 4.78 is 48.2. The predicted molar refractivity (Wildman–Crippen MR) is 48.3 cm³/mol. The Morgan fingerprint density at radius 2 is 1.77 bits per heavy atom. The number of rotatable bonds is 1. The molecule has 0 aliphatic heterocycles. The van der Waals surface area contributed by atoms with Crippen LogP contribution < -0.4 is 3.69 Å². The smallest absolute Gasteiger partial charge is 0.475 e. The van der Waals surface area contributed by atoms with Crippen molar-refractivity contribution < 1.29 is 16.1 Å². The van der Waals surface area contributed by atoms with E-state index in [1.165, 1.54) is 12.1 Å². The van der Waals surface area contributed by atoms with E-state index < -0.39 is 32.7 Å². The lowest BCUT2D eigenvalue weighted by atomic mass is 10.2. The van der Waals surface area contributed by atoms with Gasteiger partial charge in [-0.05, 0) is 0 Å². The van der Waals surface area contributed by atoms with Crippen LogP contribution in [-0.4, -0.2) is 20.9 Å². The highest BCUT2D eigenvalue weighted by Gasteiger charge is 2.30. The van der Waals surface area contributed by atoms with Crippen LogP contribution >= 0.6 is 17.0 Å². The Kier molecular flexibility index (Phi) is 5.24. The van der Waals surface area contributed by atoms with Crippen LogP contribution in [-0.2, 0) is 6.18 Å². The Labute approximate surface area is 93.6 Å². The van der Waals surface area contributed by atoms with Crippen molar-refractivity contribution in [2.24, 2.45) is 0 Å². The van der Waals surface area contributed by atoms with Crippen LogP contribution in [0.5, 0.6) is 0 Å². The van der Waals surface area contributed by atoms with Crippen LogP contribution in [0.4, 0.5) is 16.1 Å². The molecule has 0 heterocycles. The standard InChI is InChI=1S/C7H4F3.BrH.FH.Mg/c8-7(9,10)6-4-2-1-3-5-6;;;/h1-2,4-5H;2*1H;/q;;;+1/p-1. The predicted octanol–water partition coefficient (Wildman–Crippen LogP) is 2.50. The van der Waals surface area contributed by atoms with E-state index in [0.717, 1.165) is 12.1 Å². The Bertz CT molecular complexity index is 273. The number of hydrogen-bond acceptors (Lipinski definition) is 0. The average molecular weight is 269 g/mol. The maximum atomic E-state index is 12.1. The lowest BCUT2D eigenvalue weighted by Gasteiger charge is -2.06. The van der Waals surface area contributed by atoms with Crippen molar-refractivity contribution in [1.29, 1.82) is 0 Å². The molecule has 0 unspecified atom stereocenters. The number of benzene rings is 1. The molecule has 70 valence electrons. The first-order valence-corrected chi connectivity index (χ1v) is 4.50. The Morgan fingerprint density at radius 3 is 2.23 bits per heavy atom. The van der Waals surface area contributed by atoms with E-state index in [4.69, 9.17) is 0 Å². The summed E-state index contributed by atoms with van der Waals surface area (Å²) in [7, 11) is 0. The van der Waals surface area contributed by atoms with Crippen LogP contribution in [0.15, 0.2) is 24.3 Å². The summed E-state index contributed by atoms with van der Waals surface area (Å²) in [5.41, 5.74) is -0.773. The molecule has 0 saturated heterocycles. The van der Waals surface area contributed by atoms with Crippen molar-refractivity contribution in [3.8, 4) is 0 Å². The highest BCUT2D eigenvalue weighted by molar-refractivity contribution is 8.93. The second-order valence-corrected chi connectivity index (χ2v) is 3.42. The zero-order chi connectivity index (χ0) is 9.19. The molecule has 0 fully saturated rings. The zero-order valence-corrected chi connectivity index (χ0v) is 9.56. The molecular weight excluding hydrogens is 264 g/mol. The highest BCUT2D eigenvalue weighted by Crippen LogP contribution is 2.27. The van der Waals surface area contributed by atoms with Crippen molar-refractivity contribution in [3.63, 3.8) is 0 Å². The summed E-state index contributed by atoms with van der Waals surface area (Å²) in [5.74, 6) is 0. The maximum Gasteiger partial charge on any atom is 0.652 e. The maximum absolute atomic E-state index is 12.1. The molecule has 0 aliphatic carbocycles. The highest BCUT2D eigenvalue weighted by atomic mass is 79.9. The summed E-state index contributed by atoms with van der Waals surface area (Å²) in [4.78, 5) is 0. The van der Waals surface area contributed by atoms with Crippen LogP contribution in [0.25, 0.3) is 0 Å².